The van der Waals surface area contributed by atoms with E-state index in [0.29, 0.717) is 31.6 Å². The lowest BCUT2D eigenvalue weighted by molar-refractivity contribution is -0.154. The molecule has 0 aliphatic carbocycles. The lowest BCUT2D eigenvalue weighted by Crippen LogP contribution is -2.43. The fraction of sp³-hybridized carbons (Fsp3) is 0.538. The van der Waals surface area contributed by atoms with Gasteiger partial charge >= 0.3 is 0 Å². The highest BCUT2D eigenvalue weighted by Crippen LogP contribution is 2.37. The normalized spacial score (nSPS) is 21.1. The van der Waals surface area contributed by atoms with Crippen LogP contribution in [0.25, 0.3) is 0 Å². The summed E-state index contributed by atoms with van der Waals surface area (Å²) in [7, 11) is 1.58. The molecule has 1 N–H and O–H groups in total. The molecule has 1 heterocycles. The molecular weight excluding hydrogens is 223 g/mol. The molecule has 0 aromatic heterocycles. The first-order valence-corrected chi connectivity index (χ1v) is 5.74. The molecule has 1 aromatic carbocycles. The second-order valence-corrected chi connectivity index (χ2v) is 4.34. The van der Waals surface area contributed by atoms with Crippen LogP contribution in [0.3, 0.4) is 0 Å². The average molecular weight is 240 g/mol. The molecule has 1 unspecified atom stereocenters. The van der Waals surface area contributed by atoms with Crippen LogP contribution >= 0.6 is 0 Å². The van der Waals surface area contributed by atoms with Crippen molar-refractivity contribution in [1.29, 1.82) is 0 Å². The summed E-state index contributed by atoms with van der Waals surface area (Å²) in [4.78, 5) is 0. The fourth-order valence-corrected chi connectivity index (χ4v) is 2.29. The van der Waals surface area contributed by atoms with Crippen LogP contribution < -0.4 is 0 Å². The van der Waals surface area contributed by atoms with E-state index in [1.54, 1.807) is 19.2 Å². The van der Waals surface area contributed by atoms with E-state index in [1.807, 2.05) is 0 Å². The van der Waals surface area contributed by atoms with Crippen LogP contribution in [0.2, 0.25) is 0 Å². The van der Waals surface area contributed by atoms with Gasteiger partial charge in [-0.05, 0) is 17.7 Å². The van der Waals surface area contributed by atoms with Gasteiger partial charge in [0.15, 0.2) is 0 Å². The number of hydrogen-bond acceptors (Lipinski definition) is 3. The maximum atomic E-state index is 13.1. The lowest BCUT2D eigenvalue weighted by atomic mass is 9.84. The maximum Gasteiger partial charge on any atom is 0.123 e. The van der Waals surface area contributed by atoms with Gasteiger partial charge in [-0.2, -0.15) is 0 Å². The highest BCUT2D eigenvalue weighted by Gasteiger charge is 2.40. The smallest absolute Gasteiger partial charge is 0.123 e. The van der Waals surface area contributed by atoms with Crippen molar-refractivity contribution in [2.45, 2.75) is 24.5 Å². The number of aliphatic hydroxyl groups excluding tert-OH is 1. The molecule has 4 heteroatoms. The van der Waals surface area contributed by atoms with E-state index in [1.165, 1.54) is 12.1 Å². The first-order chi connectivity index (χ1) is 8.18. The zero-order valence-electron chi connectivity index (χ0n) is 9.86. The summed E-state index contributed by atoms with van der Waals surface area (Å²) in [6.45, 7) is 1.11. The van der Waals surface area contributed by atoms with E-state index in [0.717, 1.165) is 0 Å². The summed E-state index contributed by atoms with van der Waals surface area (Å²) in [6, 6.07) is 6.02. The third kappa shape index (κ3) is 2.49. The molecule has 17 heavy (non-hydrogen) atoms. The van der Waals surface area contributed by atoms with Crippen molar-refractivity contribution >= 4 is 0 Å². The minimum Gasteiger partial charge on any atom is -0.385 e. The molecule has 3 nitrogen and oxygen atoms in total. The zero-order valence-corrected chi connectivity index (χ0v) is 9.86. The second-order valence-electron chi connectivity index (χ2n) is 4.34. The molecule has 94 valence electrons. The van der Waals surface area contributed by atoms with Crippen molar-refractivity contribution in [1.82, 2.24) is 0 Å². The van der Waals surface area contributed by atoms with E-state index in [2.05, 4.69) is 0 Å². The molecule has 1 aliphatic heterocycles. The third-order valence-electron chi connectivity index (χ3n) is 3.41. The number of benzene rings is 1. The predicted molar refractivity (Wildman–Crippen MR) is 61.2 cm³/mol. The Kier molecular flexibility index (Phi) is 3.76. The van der Waals surface area contributed by atoms with Crippen LogP contribution in [0.1, 0.15) is 24.5 Å². The van der Waals surface area contributed by atoms with E-state index in [9.17, 15) is 9.50 Å². The first kappa shape index (κ1) is 12.5. The summed E-state index contributed by atoms with van der Waals surface area (Å²) in [5, 5.41) is 10.4. The fourth-order valence-electron chi connectivity index (χ4n) is 2.29. The van der Waals surface area contributed by atoms with Crippen molar-refractivity contribution in [3.63, 3.8) is 0 Å². The van der Waals surface area contributed by atoms with Gasteiger partial charge < -0.3 is 14.6 Å². The van der Waals surface area contributed by atoms with Crippen molar-refractivity contribution in [3.05, 3.63) is 35.6 Å². The van der Waals surface area contributed by atoms with Crippen molar-refractivity contribution in [2.75, 3.05) is 20.3 Å². The van der Waals surface area contributed by atoms with Gasteiger partial charge in [0.2, 0.25) is 0 Å². The Hall–Kier alpha value is -0.970. The van der Waals surface area contributed by atoms with Gasteiger partial charge in [0, 0.05) is 33.2 Å². The molecule has 1 saturated heterocycles. The molecule has 1 aliphatic rings. The molecule has 1 atom stereocenters. The number of halogens is 1. The second kappa shape index (κ2) is 5.12. The van der Waals surface area contributed by atoms with E-state index in [4.69, 9.17) is 9.47 Å². The standard InChI is InChI=1S/C13H17FO3/c1-16-13(5-7-17-8-6-13)12(15)10-3-2-4-11(14)9-10/h2-4,9,12,15H,5-8H2,1H3. The Bertz CT molecular complexity index is 375. The third-order valence-corrected chi connectivity index (χ3v) is 3.41. The molecule has 2 rings (SSSR count). The zero-order chi connectivity index (χ0) is 12.3. The topological polar surface area (TPSA) is 38.7 Å². The minimum absolute atomic E-state index is 0.347. The Morgan fingerprint density at radius 3 is 2.71 bits per heavy atom. The van der Waals surface area contributed by atoms with E-state index >= 15 is 0 Å². The van der Waals surface area contributed by atoms with Gasteiger partial charge in [0.1, 0.15) is 17.5 Å². The minimum atomic E-state index is -0.827. The van der Waals surface area contributed by atoms with Crippen molar-refractivity contribution < 1.29 is 19.0 Å². The van der Waals surface area contributed by atoms with Crippen molar-refractivity contribution in [3.8, 4) is 0 Å². The van der Waals surface area contributed by atoms with Gasteiger partial charge in [0.25, 0.3) is 0 Å². The van der Waals surface area contributed by atoms with Gasteiger partial charge in [-0.25, -0.2) is 4.39 Å². The molecule has 0 bridgehead atoms. The van der Waals surface area contributed by atoms with Gasteiger partial charge in [0.05, 0.1) is 0 Å². The highest BCUT2D eigenvalue weighted by atomic mass is 19.1. The van der Waals surface area contributed by atoms with Gasteiger partial charge in [-0.1, -0.05) is 12.1 Å². The van der Waals surface area contributed by atoms with Gasteiger partial charge in [-0.15, -0.1) is 0 Å². The highest BCUT2D eigenvalue weighted by molar-refractivity contribution is 5.22. The van der Waals surface area contributed by atoms with Crippen LogP contribution in [0.5, 0.6) is 0 Å². The number of rotatable bonds is 3. The van der Waals surface area contributed by atoms with Crippen LogP contribution in [-0.4, -0.2) is 31.0 Å². The summed E-state index contributed by atoms with van der Waals surface area (Å²) in [5.74, 6) is -0.347. The largest absolute Gasteiger partial charge is 0.385 e. The molecule has 0 amide bonds. The SMILES string of the molecule is COC1(C(O)c2cccc(F)c2)CCOCC1. The maximum absolute atomic E-state index is 13.1. The van der Waals surface area contributed by atoms with Crippen LogP contribution in [-0.2, 0) is 9.47 Å². The summed E-state index contributed by atoms with van der Waals surface area (Å²) < 4.78 is 23.9. The van der Waals surface area contributed by atoms with Crippen molar-refractivity contribution in [2.24, 2.45) is 0 Å². The number of ether oxygens (including phenoxy) is 2. The Morgan fingerprint density at radius 1 is 1.41 bits per heavy atom. The Balaban J connectivity index is 2.24. The molecule has 1 fully saturated rings. The molecule has 0 spiro atoms. The van der Waals surface area contributed by atoms with Crippen LogP contribution in [0, 0.1) is 5.82 Å². The summed E-state index contributed by atoms with van der Waals surface area (Å²) in [6.07, 6.45) is 0.398. The quantitative estimate of drug-likeness (QED) is 0.878. The lowest BCUT2D eigenvalue weighted by Gasteiger charge is -2.39. The first-order valence-electron chi connectivity index (χ1n) is 5.74. The average Bonchev–Trinajstić information content (AvgIpc) is 2.38. The number of aliphatic hydroxyl groups is 1. The van der Waals surface area contributed by atoms with Gasteiger partial charge in [-0.3, -0.25) is 0 Å². The Labute approximate surface area is 100 Å². The molecule has 0 saturated carbocycles. The summed E-state index contributed by atoms with van der Waals surface area (Å²) in [5.41, 5.74) is -0.111. The predicted octanol–water partition coefficient (Wildman–Crippen LogP) is 2.05. The number of methoxy groups -OCH3 is 1. The number of hydrogen-bond donors (Lipinski definition) is 1. The van der Waals surface area contributed by atoms with E-state index in [-0.39, 0.29) is 5.82 Å². The Morgan fingerprint density at radius 2 is 2.12 bits per heavy atom. The van der Waals surface area contributed by atoms with Crippen LogP contribution in [0.4, 0.5) is 4.39 Å². The summed E-state index contributed by atoms with van der Waals surface area (Å²) >= 11 is 0. The molecule has 0 radical (unpaired) electrons. The molecule has 1 aromatic rings. The molecular formula is C13H17FO3. The monoisotopic (exact) mass is 240 g/mol. The van der Waals surface area contributed by atoms with Crippen LogP contribution in [0.15, 0.2) is 24.3 Å². The van der Waals surface area contributed by atoms with E-state index < -0.39 is 11.7 Å².